The predicted octanol–water partition coefficient (Wildman–Crippen LogP) is 1.38. The summed E-state index contributed by atoms with van der Waals surface area (Å²) in [4.78, 5) is 21.9. The molecule has 0 aromatic heterocycles. The molecule has 0 saturated carbocycles. The summed E-state index contributed by atoms with van der Waals surface area (Å²) in [5.74, 6) is -0.364. The van der Waals surface area contributed by atoms with Crippen LogP contribution in [0.4, 0.5) is 0 Å². The Hall–Kier alpha value is -1.10. The van der Waals surface area contributed by atoms with Crippen LogP contribution in [0.3, 0.4) is 0 Å². The maximum Gasteiger partial charge on any atom is 0.303 e. The molecule has 0 radical (unpaired) electrons. The van der Waals surface area contributed by atoms with Gasteiger partial charge in [0.15, 0.2) is 0 Å². The molecule has 3 N–H and O–H groups in total. The van der Waals surface area contributed by atoms with Crippen LogP contribution in [0.25, 0.3) is 0 Å². The monoisotopic (exact) mass is 258 g/mol. The van der Waals surface area contributed by atoms with E-state index in [1.165, 1.54) is 0 Å². The molecule has 0 spiro atoms. The van der Waals surface area contributed by atoms with Crippen LogP contribution in [0.15, 0.2) is 0 Å². The van der Waals surface area contributed by atoms with Gasteiger partial charge in [0, 0.05) is 13.0 Å². The van der Waals surface area contributed by atoms with Gasteiger partial charge in [0.1, 0.15) is 0 Å². The van der Waals surface area contributed by atoms with E-state index >= 15 is 0 Å². The van der Waals surface area contributed by atoms with Gasteiger partial charge in [-0.15, -0.1) is 0 Å². The Morgan fingerprint density at radius 2 is 1.83 bits per heavy atom. The van der Waals surface area contributed by atoms with Crippen LogP contribution in [-0.2, 0) is 9.59 Å². The first-order chi connectivity index (χ1) is 8.47. The van der Waals surface area contributed by atoms with E-state index in [2.05, 4.69) is 10.6 Å². The van der Waals surface area contributed by atoms with Gasteiger partial charge < -0.3 is 15.7 Å². The maximum atomic E-state index is 11.5. The number of aliphatic carboxylic acids is 1. The number of nitrogens with one attached hydrogen (secondary N) is 2. The quantitative estimate of drug-likeness (QED) is 0.553. The topological polar surface area (TPSA) is 78.4 Å². The number of carboxylic acids is 1. The van der Waals surface area contributed by atoms with Crippen molar-refractivity contribution in [2.45, 2.75) is 52.5 Å². The molecule has 18 heavy (non-hydrogen) atoms. The van der Waals surface area contributed by atoms with E-state index in [0.717, 1.165) is 19.4 Å². The largest absolute Gasteiger partial charge is 0.481 e. The van der Waals surface area contributed by atoms with Gasteiger partial charge >= 0.3 is 5.97 Å². The molecule has 0 heterocycles. The van der Waals surface area contributed by atoms with Crippen LogP contribution in [0.5, 0.6) is 0 Å². The first-order valence-corrected chi connectivity index (χ1v) is 6.70. The van der Waals surface area contributed by atoms with Gasteiger partial charge in [-0.25, -0.2) is 0 Å². The van der Waals surface area contributed by atoms with Gasteiger partial charge in [0.05, 0.1) is 6.04 Å². The summed E-state index contributed by atoms with van der Waals surface area (Å²) in [5, 5.41) is 14.5. The van der Waals surface area contributed by atoms with Crippen molar-refractivity contribution < 1.29 is 14.7 Å². The van der Waals surface area contributed by atoms with Crippen molar-refractivity contribution >= 4 is 11.9 Å². The summed E-state index contributed by atoms with van der Waals surface area (Å²) < 4.78 is 0. The maximum absolute atomic E-state index is 11.5. The summed E-state index contributed by atoms with van der Waals surface area (Å²) >= 11 is 0. The van der Waals surface area contributed by atoms with Crippen molar-refractivity contribution in [3.63, 3.8) is 0 Å². The molecule has 0 aliphatic heterocycles. The Labute approximate surface area is 109 Å². The average Bonchev–Trinajstić information content (AvgIpc) is 2.33. The van der Waals surface area contributed by atoms with Gasteiger partial charge in [-0.05, 0) is 38.6 Å². The van der Waals surface area contributed by atoms with Crippen molar-refractivity contribution in [2.24, 2.45) is 5.92 Å². The highest BCUT2D eigenvalue weighted by Gasteiger charge is 2.11. The molecule has 0 aliphatic rings. The fraction of sp³-hybridized carbons (Fsp3) is 0.846. The van der Waals surface area contributed by atoms with Gasteiger partial charge in [-0.2, -0.15) is 0 Å². The minimum absolute atomic E-state index is 0.0232. The highest BCUT2D eigenvalue weighted by atomic mass is 16.4. The summed E-state index contributed by atoms with van der Waals surface area (Å²) in [5.41, 5.74) is 0. The zero-order chi connectivity index (χ0) is 14.0. The summed E-state index contributed by atoms with van der Waals surface area (Å²) in [6.07, 6.45) is 2.73. The predicted molar refractivity (Wildman–Crippen MR) is 71.4 cm³/mol. The second-order valence-electron chi connectivity index (χ2n) is 4.79. The van der Waals surface area contributed by atoms with Crippen molar-refractivity contribution in [3.8, 4) is 0 Å². The second-order valence-corrected chi connectivity index (χ2v) is 4.79. The molecule has 0 rings (SSSR count). The number of hydrogen-bond donors (Lipinski definition) is 3. The molecule has 0 bridgehead atoms. The zero-order valence-electron chi connectivity index (χ0n) is 11.7. The number of rotatable bonds is 10. The van der Waals surface area contributed by atoms with Gasteiger partial charge in [-0.3, -0.25) is 9.59 Å². The van der Waals surface area contributed by atoms with E-state index in [-0.39, 0.29) is 18.4 Å². The minimum Gasteiger partial charge on any atom is -0.481 e. The van der Waals surface area contributed by atoms with Crippen LogP contribution in [0, 0.1) is 5.92 Å². The van der Waals surface area contributed by atoms with Gasteiger partial charge in [0.2, 0.25) is 5.91 Å². The van der Waals surface area contributed by atoms with E-state index < -0.39 is 5.97 Å². The van der Waals surface area contributed by atoms with E-state index in [1.807, 2.05) is 20.8 Å². The lowest BCUT2D eigenvalue weighted by Crippen LogP contribution is -2.42. The molecule has 0 aromatic rings. The highest BCUT2D eigenvalue weighted by Crippen LogP contribution is 2.09. The fourth-order valence-corrected chi connectivity index (χ4v) is 1.55. The Morgan fingerprint density at radius 1 is 1.17 bits per heavy atom. The second kappa shape index (κ2) is 9.88. The third-order valence-electron chi connectivity index (χ3n) is 2.88. The molecule has 0 saturated heterocycles. The van der Waals surface area contributed by atoms with Crippen molar-refractivity contribution in [1.29, 1.82) is 0 Å². The standard InChI is InChI=1S/C13H26N2O3/c1-4-8-15-13(18)11(3)14-9-7-10(2)5-6-12(16)17/h10-11,14H,4-9H2,1-3H3,(H,15,18)(H,16,17). The Bertz CT molecular complexity index is 257. The summed E-state index contributed by atoms with van der Waals surface area (Å²) in [6.45, 7) is 7.34. The molecule has 5 heteroatoms. The first kappa shape index (κ1) is 16.9. The van der Waals surface area contributed by atoms with E-state index in [9.17, 15) is 9.59 Å². The van der Waals surface area contributed by atoms with Crippen molar-refractivity contribution in [2.75, 3.05) is 13.1 Å². The van der Waals surface area contributed by atoms with E-state index in [1.54, 1.807) is 0 Å². The number of carbonyl (C=O) groups excluding carboxylic acids is 1. The van der Waals surface area contributed by atoms with E-state index in [0.29, 0.717) is 18.9 Å². The first-order valence-electron chi connectivity index (χ1n) is 6.70. The zero-order valence-corrected chi connectivity index (χ0v) is 11.7. The van der Waals surface area contributed by atoms with Crippen LogP contribution in [0.1, 0.15) is 46.5 Å². The molecule has 2 atom stereocenters. The van der Waals surface area contributed by atoms with Gasteiger partial charge in [-0.1, -0.05) is 13.8 Å². The van der Waals surface area contributed by atoms with E-state index in [4.69, 9.17) is 5.11 Å². The summed E-state index contributed by atoms with van der Waals surface area (Å²) in [6, 6.07) is -0.191. The number of carboxylic acid groups (broad SMARTS) is 1. The number of hydrogen-bond acceptors (Lipinski definition) is 3. The lowest BCUT2D eigenvalue weighted by atomic mass is 10.0. The third-order valence-corrected chi connectivity index (χ3v) is 2.88. The van der Waals surface area contributed by atoms with Crippen LogP contribution >= 0.6 is 0 Å². The highest BCUT2D eigenvalue weighted by molar-refractivity contribution is 5.81. The smallest absolute Gasteiger partial charge is 0.303 e. The van der Waals surface area contributed by atoms with Crippen LogP contribution in [-0.4, -0.2) is 36.1 Å². The lowest BCUT2D eigenvalue weighted by molar-refractivity contribution is -0.137. The Morgan fingerprint density at radius 3 is 2.39 bits per heavy atom. The Balaban J connectivity index is 3.63. The van der Waals surface area contributed by atoms with Gasteiger partial charge in [0.25, 0.3) is 0 Å². The molecular formula is C13H26N2O3. The molecule has 106 valence electrons. The SMILES string of the molecule is CCCNC(=O)C(C)NCCC(C)CCC(=O)O. The molecule has 0 aliphatic carbocycles. The minimum atomic E-state index is -0.748. The Kier molecular flexibility index (Phi) is 9.28. The lowest BCUT2D eigenvalue weighted by Gasteiger charge is -2.15. The normalized spacial score (nSPS) is 13.9. The molecule has 1 amide bonds. The molecular weight excluding hydrogens is 232 g/mol. The summed E-state index contributed by atoms with van der Waals surface area (Å²) in [7, 11) is 0. The third kappa shape index (κ3) is 8.98. The molecule has 0 fully saturated rings. The van der Waals surface area contributed by atoms with Crippen molar-refractivity contribution in [1.82, 2.24) is 10.6 Å². The fourth-order valence-electron chi connectivity index (χ4n) is 1.55. The molecule has 0 aromatic carbocycles. The average molecular weight is 258 g/mol. The van der Waals surface area contributed by atoms with Crippen LogP contribution in [0.2, 0.25) is 0 Å². The number of carbonyl (C=O) groups is 2. The van der Waals surface area contributed by atoms with Crippen molar-refractivity contribution in [3.05, 3.63) is 0 Å². The number of amides is 1. The molecule has 5 nitrogen and oxygen atoms in total. The van der Waals surface area contributed by atoms with Crippen LogP contribution < -0.4 is 10.6 Å². The molecule has 2 unspecified atom stereocenters.